The minimum Gasteiger partial charge on any atom is -0.272 e. The van der Waals surface area contributed by atoms with E-state index in [2.05, 4.69) is 10.5 Å². The summed E-state index contributed by atoms with van der Waals surface area (Å²) in [6, 6.07) is 22.6. The SMILES string of the molecule is Cc1ccc(-n2c(SCC(=O)NOCc3ccccc3)nc3ccccc3c2=O)cc1C. The Morgan fingerprint density at radius 2 is 1.75 bits per heavy atom. The van der Waals surface area contributed by atoms with Crippen LogP contribution in [0.25, 0.3) is 16.6 Å². The van der Waals surface area contributed by atoms with E-state index in [9.17, 15) is 9.59 Å². The van der Waals surface area contributed by atoms with Crippen molar-refractivity contribution in [2.45, 2.75) is 25.6 Å². The zero-order chi connectivity index (χ0) is 22.5. The minimum absolute atomic E-state index is 0.0599. The second-order valence-corrected chi connectivity index (χ2v) is 8.35. The Bertz CT molecular complexity index is 1320. The number of thioether (sulfide) groups is 1. The molecule has 0 radical (unpaired) electrons. The van der Waals surface area contributed by atoms with Gasteiger partial charge in [-0.1, -0.05) is 60.3 Å². The fraction of sp³-hybridized carbons (Fsp3) is 0.160. The van der Waals surface area contributed by atoms with Crippen LogP contribution in [0.15, 0.2) is 82.7 Å². The third-order valence-corrected chi connectivity index (χ3v) is 6.03. The molecule has 0 saturated heterocycles. The van der Waals surface area contributed by atoms with Crippen LogP contribution in [0.2, 0.25) is 0 Å². The summed E-state index contributed by atoms with van der Waals surface area (Å²) in [5.41, 5.74) is 6.78. The molecule has 1 aromatic heterocycles. The molecule has 0 atom stereocenters. The predicted octanol–water partition coefficient (Wildman–Crippen LogP) is 4.34. The molecule has 0 unspecified atom stereocenters. The van der Waals surface area contributed by atoms with Gasteiger partial charge in [0.2, 0.25) is 0 Å². The third kappa shape index (κ3) is 4.90. The van der Waals surface area contributed by atoms with Crippen molar-refractivity contribution in [3.05, 3.63) is 99.8 Å². The topological polar surface area (TPSA) is 73.2 Å². The van der Waals surface area contributed by atoms with Crippen LogP contribution < -0.4 is 11.0 Å². The van der Waals surface area contributed by atoms with Crippen LogP contribution in [0.1, 0.15) is 16.7 Å². The molecular weight excluding hydrogens is 422 g/mol. The predicted molar refractivity (Wildman–Crippen MR) is 127 cm³/mol. The van der Waals surface area contributed by atoms with Crippen LogP contribution in [0.5, 0.6) is 0 Å². The number of nitrogens with zero attached hydrogens (tertiary/aromatic N) is 2. The highest BCUT2D eigenvalue weighted by atomic mass is 32.2. The van der Waals surface area contributed by atoms with Crippen molar-refractivity contribution in [1.29, 1.82) is 0 Å². The monoisotopic (exact) mass is 445 g/mol. The second kappa shape index (κ2) is 9.80. The number of rotatable bonds is 7. The van der Waals surface area contributed by atoms with Crippen LogP contribution in [-0.2, 0) is 16.2 Å². The van der Waals surface area contributed by atoms with Gasteiger partial charge in [0.25, 0.3) is 11.5 Å². The molecule has 1 heterocycles. The van der Waals surface area contributed by atoms with Crippen molar-refractivity contribution in [3.63, 3.8) is 0 Å². The standard InChI is InChI=1S/C25H23N3O3S/c1-17-12-13-20(14-18(17)2)28-24(30)21-10-6-7-11-22(21)26-25(28)32-16-23(29)27-31-15-19-8-4-3-5-9-19/h3-14H,15-16H2,1-2H3,(H,27,29). The minimum atomic E-state index is -0.306. The molecule has 0 fully saturated rings. The number of nitrogens with one attached hydrogen (secondary N) is 1. The Morgan fingerprint density at radius 1 is 1.00 bits per heavy atom. The Kier molecular flexibility index (Phi) is 6.68. The lowest BCUT2D eigenvalue weighted by Gasteiger charge is -2.14. The maximum Gasteiger partial charge on any atom is 0.266 e. The van der Waals surface area contributed by atoms with Crippen molar-refractivity contribution in [2.24, 2.45) is 0 Å². The van der Waals surface area contributed by atoms with E-state index in [1.165, 1.54) is 11.8 Å². The first-order chi connectivity index (χ1) is 15.5. The van der Waals surface area contributed by atoms with E-state index in [0.29, 0.717) is 16.1 Å². The molecule has 6 nitrogen and oxygen atoms in total. The zero-order valence-electron chi connectivity index (χ0n) is 17.9. The summed E-state index contributed by atoms with van der Waals surface area (Å²) in [4.78, 5) is 35.6. The molecule has 0 spiro atoms. The quantitative estimate of drug-likeness (QED) is 0.260. The molecule has 0 aliphatic carbocycles. The van der Waals surface area contributed by atoms with Gasteiger partial charge in [-0.25, -0.2) is 10.5 Å². The normalized spacial score (nSPS) is 10.9. The van der Waals surface area contributed by atoms with E-state index in [0.717, 1.165) is 22.4 Å². The van der Waals surface area contributed by atoms with Crippen molar-refractivity contribution >= 4 is 28.6 Å². The summed E-state index contributed by atoms with van der Waals surface area (Å²) in [7, 11) is 0. The molecule has 0 aliphatic rings. The number of carbonyl (C=O) groups excluding carboxylic acids is 1. The van der Waals surface area contributed by atoms with Gasteiger partial charge in [-0.05, 0) is 54.8 Å². The molecule has 4 rings (SSSR count). The number of hydrogen-bond acceptors (Lipinski definition) is 5. The molecule has 1 N–H and O–H groups in total. The Morgan fingerprint density at radius 3 is 2.53 bits per heavy atom. The lowest BCUT2D eigenvalue weighted by molar-refractivity contribution is -0.131. The molecule has 0 saturated carbocycles. The zero-order valence-corrected chi connectivity index (χ0v) is 18.7. The van der Waals surface area contributed by atoms with E-state index >= 15 is 0 Å². The van der Waals surface area contributed by atoms with E-state index in [1.807, 2.05) is 74.5 Å². The lowest BCUT2D eigenvalue weighted by Crippen LogP contribution is -2.26. The van der Waals surface area contributed by atoms with E-state index in [-0.39, 0.29) is 23.8 Å². The molecule has 3 aromatic carbocycles. The van der Waals surface area contributed by atoms with Crippen molar-refractivity contribution < 1.29 is 9.63 Å². The second-order valence-electron chi connectivity index (χ2n) is 7.41. The Labute approximate surface area is 190 Å². The van der Waals surface area contributed by atoms with Crippen molar-refractivity contribution in [1.82, 2.24) is 15.0 Å². The van der Waals surface area contributed by atoms with E-state index in [1.54, 1.807) is 16.7 Å². The number of hydrogen-bond donors (Lipinski definition) is 1. The maximum absolute atomic E-state index is 13.3. The molecule has 7 heteroatoms. The number of fused-ring (bicyclic) bond motifs is 1. The van der Waals surface area contributed by atoms with Gasteiger partial charge in [0.15, 0.2) is 5.16 Å². The molecule has 4 aromatic rings. The van der Waals surface area contributed by atoms with Crippen LogP contribution in [-0.4, -0.2) is 21.2 Å². The van der Waals surface area contributed by atoms with Gasteiger partial charge in [-0.15, -0.1) is 0 Å². The fourth-order valence-corrected chi connectivity index (χ4v) is 4.03. The van der Waals surface area contributed by atoms with Gasteiger partial charge in [-0.3, -0.25) is 19.0 Å². The summed E-state index contributed by atoms with van der Waals surface area (Å²) in [6.45, 7) is 4.30. The largest absolute Gasteiger partial charge is 0.272 e. The van der Waals surface area contributed by atoms with Crippen molar-refractivity contribution in [3.8, 4) is 5.69 Å². The van der Waals surface area contributed by atoms with Gasteiger partial charge in [0.05, 0.1) is 29.0 Å². The summed E-state index contributed by atoms with van der Waals surface area (Å²) >= 11 is 1.20. The number of amides is 1. The molecule has 0 bridgehead atoms. The van der Waals surface area contributed by atoms with E-state index in [4.69, 9.17) is 4.84 Å². The number of para-hydroxylation sites is 1. The number of carbonyl (C=O) groups is 1. The Hall–Kier alpha value is -3.42. The average Bonchev–Trinajstić information content (AvgIpc) is 2.80. The molecule has 0 aliphatic heterocycles. The number of hydroxylamine groups is 1. The molecular formula is C25H23N3O3S. The van der Waals surface area contributed by atoms with Gasteiger partial charge in [-0.2, -0.15) is 0 Å². The number of benzene rings is 3. The van der Waals surface area contributed by atoms with Gasteiger partial charge in [0, 0.05) is 0 Å². The van der Waals surface area contributed by atoms with Crippen molar-refractivity contribution in [2.75, 3.05) is 5.75 Å². The molecule has 1 amide bonds. The number of aromatic nitrogens is 2. The maximum atomic E-state index is 13.3. The van der Waals surface area contributed by atoms with Crippen LogP contribution >= 0.6 is 11.8 Å². The van der Waals surface area contributed by atoms with Gasteiger partial charge >= 0.3 is 0 Å². The molecule has 32 heavy (non-hydrogen) atoms. The average molecular weight is 446 g/mol. The third-order valence-electron chi connectivity index (χ3n) is 5.09. The summed E-state index contributed by atoms with van der Waals surface area (Å²) < 4.78 is 1.57. The highest BCUT2D eigenvalue weighted by molar-refractivity contribution is 7.99. The smallest absolute Gasteiger partial charge is 0.266 e. The lowest BCUT2D eigenvalue weighted by atomic mass is 10.1. The summed E-state index contributed by atoms with van der Waals surface area (Å²) in [5, 5.41) is 0.987. The molecule has 162 valence electrons. The summed E-state index contributed by atoms with van der Waals surface area (Å²) in [6.07, 6.45) is 0. The highest BCUT2D eigenvalue weighted by Gasteiger charge is 2.15. The number of aryl methyl sites for hydroxylation is 2. The van der Waals surface area contributed by atoms with Gasteiger partial charge in [0.1, 0.15) is 0 Å². The van der Waals surface area contributed by atoms with Crippen LogP contribution in [0.3, 0.4) is 0 Å². The first-order valence-electron chi connectivity index (χ1n) is 10.2. The first-order valence-corrected chi connectivity index (χ1v) is 11.2. The van der Waals surface area contributed by atoms with Crippen LogP contribution in [0, 0.1) is 13.8 Å². The van der Waals surface area contributed by atoms with Gasteiger partial charge < -0.3 is 0 Å². The summed E-state index contributed by atoms with van der Waals surface area (Å²) in [5.74, 6) is -0.246. The van der Waals surface area contributed by atoms with E-state index < -0.39 is 0 Å². The first kappa shape index (κ1) is 21.8. The fourth-order valence-electron chi connectivity index (χ4n) is 3.24. The highest BCUT2D eigenvalue weighted by Crippen LogP contribution is 2.22. The van der Waals surface area contributed by atoms with Crippen LogP contribution in [0.4, 0.5) is 0 Å². The Balaban J connectivity index is 1.56.